The molecule has 0 fully saturated rings. The zero-order chi connectivity index (χ0) is 22.5. The van der Waals surface area contributed by atoms with Gasteiger partial charge in [0.25, 0.3) is 5.56 Å². The van der Waals surface area contributed by atoms with Gasteiger partial charge < -0.3 is 10.3 Å². The second-order valence-corrected chi connectivity index (χ2v) is 7.96. The molecule has 31 heavy (non-hydrogen) atoms. The summed E-state index contributed by atoms with van der Waals surface area (Å²) in [6.07, 6.45) is 4.54. The molecule has 0 saturated carbocycles. The van der Waals surface area contributed by atoms with Crippen LogP contribution in [0.3, 0.4) is 0 Å². The first-order chi connectivity index (χ1) is 14.8. The summed E-state index contributed by atoms with van der Waals surface area (Å²) in [5.74, 6) is 0.360. The van der Waals surface area contributed by atoms with E-state index in [0.29, 0.717) is 35.6 Å². The Bertz CT molecular complexity index is 1210. The molecule has 1 unspecified atom stereocenters. The predicted molar refractivity (Wildman–Crippen MR) is 123 cm³/mol. The SMILES string of the molecule is CCCCn1c(=O)[nH]c(=O)c2[nH]c(C(CC=C(C)C)c3ccc(NC(C)=O)cc3)nc21. The number of allylic oxidation sites excluding steroid dienone is 2. The van der Waals surface area contributed by atoms with Crippen molar-refractivity contribution in [1.82, 2.24) is 19.5 Å². The molecule has 3 rings (SSSR count). The third-order valence-corrected chi connectivity index (χ3v) is 5.11. The highest BCUT2D eigenvalue weighted by Crippen LogP contribution is 2.29. The third-order valence-electron chi connectivity index (χ3n) is 5.11. The van der Waals surface area contributed by atoms with Crippen molar-refractivity contribution in [1.29, 1.82) is 0 Å². The van der Waals surface area contributed by atoms with Crippen molar-refractivity contribution >= 4 is 22.8 Å². The van der Waals surface area contributed by atoms with Crippen LogP contribution in [0, 0.1) is 0 Å². The standard InChI is InChI=1S/C23H29N5O3/c1-5-6-13-28-21-19(22(30)27-23(28)31)25-20(26-21)18(12-7-14(2)3)16-8-10-17(11-9-16)24-15(4)29/h7-11,18H,5-6,12-13H2,1-4H3,(H,24,29)(H,25,26)(H,27,30,31). The van der Waals surface area contributed by atoms with Crippen LogP contribution in [0.15, 0.2) is 45.5 Å². The molecule has 2 aromatic heterocycles. The number of fused-ring (bicyclic) bond motifs is 1. The second-order valence-electron chi connectivity index (χ2n) is 7.96. The Morgan fingerprint density at radius 3 is 2.48 bits per heavy atom. The molecule has 1 atom stereocenters. The minimum atomic E-state index is -0.464. The number of carbonyl (C=O) groups is 1. The summed E-state index contributed by atoms with van der Waals surface area (Å²) < 4.78 is 1.53. The van der Waals surface area contributed by atoms with Gasteiger partial charge >= 0.3 is 5.69 Å². The number of unbranched alkanes of at least 4 members (excludes halogenated alkanes) is 1. The first-order valence-electron chi connectivity index (χ1n) is 10.5. The van der Waals surface area contributed by atoms with Gasteiger partial charge in [-0.25, -0.2) is 9.78 Å². The minimum absolute atomic E-state index is 0.129. The highest BCUT2D eigenvalue weighted by molar-refractivity contribution is 5.88. The molecule has 8 nitrogen and oxygen atoms in total. The Hall–Kier alpha value is -3.42. The first kappa shape index (κ1) is 22.3. The lowest BCUT2D eigenvalue weighted by Crippen LogP contribution is -2.30. The fourth-order valence-electron chi connectivity index (χ4n) is 3.51. The zero-order valence-electron chi connectivity index (χ0n) is 18.4. The summed E-state index contributed by atoms with van der Waals surface area (Å²) in [5, 5.41) is 2.77. The molecule has 1 aromatic carbocycles. The van der Waals surface area contributed by atoms with Crippen LogP contribution in [0.4, 0.5) is 5.69 Å². The van der Waals surface area contributed by atoms with Crippen LogP contribution in [0.5, 0.6) is 0 Å². The number of nitrogens with zero attached hydrogens (tertiary/aromatic N) is 2. The molecule has 0 aliphatic carbocycles. The molecule has 0 saturated heterocycles. The van der Waals surface area contributed by atoms with Crippen LogP contribution in [-0.2, 0) is 11.3 Å². The number of rotatable bonds is 8. The van der Waals surface area contributed by atoms with Gasteiger partial charge in [0.2, 0.25) is 5.91 Å². The molecule has 0 bridgehead atoms. The van der Waals surface area contributed by atoms with Crippen molar-refractivity contribution in [3.63, 3.8) is 0 Å². The molecule has 0 radical (unpaired) electrons. The molecule has 0 aliphatic heterocycles. The number of hydrogen-bond acceptors (Lipinski definition) is 4. The van der Waals surface area contributed by atoms with E-state index in [1.807, 2.05) is 45.0 Å². The van der Waals surface area contributed by atoms with Crippen molar-refractivity contribution in [2.75, 3.05) is 5.32 Å². The van der Waals surface area contributed by atoms with Gasteiger partial charge in [0, 0.05) is 25.1 Å². The van der Waals surface area contributed by atoms with E-state index in [2.05, 4.69) is 21.4 Å². The number of carbonyl (C=O) groups excluding carboxylic acids is 1. The van der Waals surface area contributed by atoms with Crippen LogP contribution < -0.4 is 16.6 Å². The first-order valence-corrected chi connectivity index (χ1v) is 10.5. The van der Waals surface area contributed by atoms with E-state index in [-0.39, 0.29) is 11.8 Å². The topological polar surface area (TPSA) is 113 Å². The number of imidazole rings is 1. The molecular formula is C23H29N5O3. The van der Waals surface area contributed by atoms with Gasteiger partial charge in [0.15, 0.2) is 5.65 Å². The number of hydrogen-bond donors (Lipinski definition) is 3. The molecule has 2 heterocycles. The van der Waals surface area contributed by atoms with Gasteiger partial charge in [0.05, 0.1) is 0 Å². The molecule has 1 amide bonds. The molecule has 0 aliphatic rings. The maximum Gasteiger partial charge on any atom is 0.330 e. The van der Waals surface area contributed by atoms with Crippen LogP contribution in [0.1, 0.15) is 64.3 Å². The number of aryl methyl sites for hydroxylation is 1. The molecule has 8 heteroatoms. The highest BCUT2D eigenvalue weighted by Gasteiger charge is 2.20. The largest absolute Gasteiger partial charge is 0.336 e. The highest BCUT2D eigenvalue weighted by atomic mass is 16.2. The third kappa shape index (κ3) is 5.20. The van der Waals surface area contributed by atoms with Crippen molar-refractivity contribution in [2.45, 2.75) is 59.4 Å². The van der Waals surface area contributed by atoms with Gasteiger partial charge in [0.1, 0.15) is 11.3 Å². The zero-order valence-corrected chi connectivity index (χ0v) is 18.4. The number of H-pyrrole nitrogens is 2. The van der Waals surface area contributed by atoms with E-state index in [0.717, 1.165) is 18.4 Å². The van der Waals surface area contributed by atoms with E-state index in [9.17, 15) is 14.4 Å². The molecule has 3 aromatic rings. The normalized spacial score (nSPS) is 12.0. The molecule has 0 spiro atoms. The van der Waals surface area contributed by atoms with E-state index in [4.69, 9.17) is 4.98 Å². The van der Waals surface area contributed by atoms with E-state index in [1.54, 1.807) is 0 Å². The summed E-state index contributed by atoms with van der Waals surface area (Å²) in [7, 11) is 0. The molecule has 164 valence electrons. The van der Waals surface area contributed by atoms with Crippen molar-refractivity contribution in [2.24, 2.45) is 0 Å². The van der Waals surface area contributed by atoms with E-state index >= 15 is 0 Å². The van der Waals surface area contributed by atoms with E-state index < -0.39 is 11.2 Å². The quantitative estimate of drug-likeness (QED) is 0.480. The lowest BCUT2D eigenvalue weighted by atomic mass is 9.94. The number of benzene rings is 1. The number of nitrogens with one attached hydrogen (secondary N) is 3. The summed E-state index contributed by atoms with van der Waals surface area (Å²) >= 11 is 0. The van der Waals surface area contributed by atoms with Crippen LogP contribution in [0.2, 0.25) is 0 Å². The number of aromatic amines is 2. The summed E-state index contributed by atoms with van der Waals surface area (Å²) in [6.45, 7) is 8.07. The summed E-state index contributed by atoms with van der Waals surface area (Å²) in [5.41, 5.74) is 2.67. The second kappa shape index (κ2) is 9.59. The van der Waals surface area contributed by atoms with Gasteiger partial charge in [-0.1, -0.05) is 37.1 Å². The monoisotopic (exact) mass is 423 g/mol. The summed E-state index contributed by atoms with van der Waals surface area (Å²) in [4.78, 5) is 46.3. The van der Waals surface area contributed by atoms with Gasteiger partial charge in [-0.05, 0) is 44.4 Å². The average Bonchev–Trinajstić information content (AvgIpc) is 3.14. The Morgan fingerprint density at radius 1 is 1.16 bits per heavy atom. The molecule has 3 N–H and O–H groups in total. The minimum Gasteiger partial charge on any atom is -0.336 e. The fourth-order valence-corrected chi connectivity index (χ4v) is 3.51. The van der Waals surface area contributed by atoms with E-state index in [1.165, 1.54) is 17.1 Å². The van der Waals surface area contributed by atoms with Gasteiger partial charge in [-0.3, -0.25) is 19.1 Å². The predicted octanol–water partition coefficient (Wildman–Crippen LogP) is 3.66. The maximum atomic E-state index is 12.4. The van der Waals surface area contributed by atoms with Crippen LogP contribution >= 0.6 is 0 Å². The lowest BCUT2D eigenvalue weighted by molar-refractivity contribution is -0.114. The average molecular weight is 424 g/mol. The smallest absolute Gasteiger partial charge is 0.330 e. The lowest BCUT2D eigenvalue weighted by Gasteiger charge is -2.14. The number of amides is 1. The van der Waals surface area contributed by atoms with Crippen LogP contribution in [0.25, 0.3) is 11.2 Å². The number of anilines is 1. The number of aromatic nitrogens is 4. The Labute approximate surface area is 180 Å². The molecular weight excluding hydrogens is 394 g/mol. The Kier molecular flexibility index (Phi) is 6.89. The Balaban J connectivity index is 2.09. The van der Waals surface area contributed by atoms with Gasteiger partial charge in [-0.15, -0.1) is 0 Å². The van der Waals surface area contributed by atoms with Crippen molar-refractivity contribution < 1.29 is 4.79 Å². The van der Waals surface area contributed by atoms with Crippen LogP contribution in [-0.4, -0.2) is 25.4 Å². The summed E-state index contributed by atoms with van der Waals surface area (Å²) in [6, 6.07) is 7.57. The Morgan fingerprint density at radius 2 is 1.87 bits per heavy atom. The maximum absolute atomic E-state index is 12.4. The van der Waals surface area contributed by atoms with Crippen molar-refractivity contribution in [3.8, 4) is 0 Å². The fraction of sp³-hybridized carbons (Fsp3) is 0.391. The van der Waals surface area contributed by atoms with Gasteiger partial charge in [-0.2, -0.15) is 0 Å². The van der Waals surface area contributed by atoms with Crippen molar-refractivity contribution in [3.05, 3.63) is 68.1 Å².